The SMILES string of the molecule is O=C(C[C@H](NNc1ccc(O)cc1)C(=O)OCCO)OCCO. The summed E-state index contributed by atoms with van der Waals surface area (Å²) in [5.74, 6) is -1.35. The monoisotopic (exact) mass is 328 g/mol. The largest absolute Gasteiger partial charge is 0.508 e. The summed E-state index contributed by atoms with van der Waals surface area (Å²) in [6.45, 7) is -1.01. The normalized spacial score (nSPS) is 11.6. The maximum atomic E-state index is 11.9. The van der Waals surface area contributed by atoms with Crippen molar-refractivity contribution in [2.45, 2.75) is 12.5 Å². The summed E-state index contributed by atoms with van der Waals surface area (Å²) in [6.07, 6.45) is -0.324. The molecule has 1 rings (SSSR count). The average Bonchev–Trinajstić information content (AvgIpc) is 2.55. The van der Waals surface area contributed by atoms with Gasteiger partial charge >= 0.3 is 11.9 Å². The molecule has 23 heavy (non-hydrogen) atoms. The van der Waals surface area contributed by atoms with E-state index < -0.39 is 18.0 Å². The number of hydrazine groups is 1. The fourth-order valence-corrected chi connectivity index (χ4v) is 1.54. The van der Waals surface area contributed by atoms with Crippen molar-refractivity contribution in [2.24, 2.45) is 0 Å². The molecule has 5 N–H and O–H groups in total. The number of phenolic OH excluding ortho intramolecular Hbond substituents is 1. The predicted molar refractivity (Wildman–Crippen MR) is 79.4 cm³/mol. The Morgan fingerprint density at radius 3 is 2.26 bits per heavy atom. The number of carbonyl (C=O) groups is 2. The molecule has 0 amide bonds. The van der Waals surface area contributed by atoms with Crippen molar-refractivity contribution in [1.82, 2.24) is 5.43 Å². The highest BCUT2D eigenvalue weighted by molar-refractivity contribution is 5.82. The van der Waals surface area contributed by atoms with E-state index in [2.05, 4.69) is 10.9 Å². The summed E-state index contributed by atoms with van der Waals surface area (Å²) in [5, 5.41) is 26.5. The van der Waals surface area contributed by atoms with E-state index in [1.165, 1.54) is 12.1 Å². The number of hydrogen-bond donors (Lipinski definition) is 5. The summed E-state index contributed by atoms with van der Waals surface area (Å²) >= 11 is 0. The lowest BCUT2D eigenvalue weighted by molar-refractivity contribution is -0.153. The second-order valence-corrected chi connectivity index (χ2v) is 4.41. The average molecular weight is 328 g/mol. The van der Waals surface area contributed by atoms with E-state index in [0.717, 1.165) is 0 Å². The van der Waals surface area contributed by atoms with Gasteiger partial charge in [0, 0.05) is 5.69 Å². The maximum absolute atomic E-state index is 11.9. The lowest BCUT2D eigenvalue weighted by Crippen LogP contribution is -2.43. The molecule has 0 aromatic heterocycles. The van der Waals surface area contributed by atoms with Crippen LogP contribution in [-0.4, -0.2) is 59.7 Å². The highest BCUT2D eigenvalue weighted by Crippen LogP contribution is 2.13. The van der Waals surface area contributed by atoms with Crippen LogP contribution in [0.1, 0.15) is 6.42 Å². The zero-order valence-corrected chi connectivity index (χ0v) is 12.4. The number of aliphatic hydroxyl groups excluding tert-OH is 2. The number of nitrogens with one attached hydrogen (secondary N) is 2. The van der Waals surface area contributed by atoms with Crippen LogP contribution in [0.15, 0.2) is 24.3 Å². The van der Waals surface area contributed by atoms with E-state index >= 15 is 0 Å². The van der Waals surface area contributed by atoms with Gasteiger partial charge in [0.15, 0.2) is 0 Å². The molecule has 1 atom stereocenters. The van der Waals surface area contributed by atoms with Crippen LogP contribution in [0, 0.1) is 0 Å². The number of ether oxygens (including phenoxy) is 2. The van der Waals surface area contributed by atoms with Crippen molar-refractivity contribution in [3.05, 3.63) is 24.3 Å². The molecule has 0 bridgehead atoms. The van der Waals surface area contributed by atoms with Crippen molar-refractivity contribution in [1.29, 1.82) is 0 Å². The Balaban J connectivity index is 2.60. The topological polar surface area (TPSA) is 137 Å². The van der Waals surface area contributed by atoms with Gasteiger partial charge in [-0.15, -0.1) is 0 Å². The minimum Gasteiger partial charge on any atom is -0.508 e. The Morgan fingerprint density at radius 2 is 1.65 bits per heavy atom. The quantitative estimate of drug-likeness (QED) is 0.211. The van der Waals surface area contributed by atoms with Crippen LogP contribution in [0.4, 0.5) is 5.69 Å². The van der Waals surface area contributed by atoms with Gasteiger partial charge in [-0.05, 0) is 24.3 Å². The molecule has 9 heteroatoms. The van der Waals surface area contributed by atoms with Crippen molar-refractivity contribution in [3.63, 3.8) is 0 Å². The van der Waals surface area contributed by atoms with Crippen molar-refractivity contribution in [2.75, 3.05) is 31.9 Å². The van der Waals surface area contributed by atoms with E-state index in [1.807, 2.05) is 0 Å². The number of esters is 2. The van der Waals surface area contributed by atoms with Crippen molar-refractivity contribution >= 4 is 17.6 Å². The van der Waals surface area contributed by atoms with Gasteiger partial charge in [0.25, 0.3) is 0 Å². The third-order valence-electron chi connectivity index (χ3n) is 2.60. The van der Waals surface area contributed by atoms with Crippen LogP contribution in [0.3, 0.4) is 0 Å². The van der Waals surface area contributed by atoms with Gasteiger partial charge in [-0.3, -0.25) is 9.59 Å². The number of aromatic hydroxyl groups is 1. The van der Waals surface area contributed by atoms with Crippen LogP contribution in [0.5, 0.6) is 5.75 Å². The van der Waals surface area contributed by atoms with Gasteiger partial charge < -0.3 is 30.2 Å². The first kappa shape index (κ1) is 18.7. The number of benzene rings is 1. The molecule has 0 radical (unpaired) electrons. The van der Waals surface area contributed by atoms with Crippen LogP contribution >= 0.6 is 0 Å². The molecule has 0 saturated carbocycles. The number of hydrogen-bond acceptors (Lipinski definition) is 9. The lowest BCUT2D eigenvalue weighted by atomic mass is 10.2. The Morgan fingerprint density at radius 1 is 1.04 bits per heavy atom. The maximum Gasteiger partial charge on any atom is 0.325 e. The van der Waals surface area contributed by atoms with Gasteiger partial charge in [0.05, 0.1) is 19.6 Å². The summed E-state index contributed by atoms with van der Waals surface area (Å²) in [7, 11) is 0. The zero-order valence-electron chi connectivity index (χ0n) is 12.4. The number of rotatable bonds is 10. The number of aliphatic hydroxyl groups is 2. The molecule has 1 aromatic rings. The fourth-order valence-electron chi connectivity index (χ4n) is 1.54. The van der Waals surface area contributed by atoms with Crippen LogP contribution < -0.4 is 10.9 Å². The van der Waals surface area contributed by atoms with Gasteiger partial charge in [-0.25, -0.2) is 5.43 Å². The molecule has 0 heterocycles. The molecular weight excluding hydrogens is 308 g/mol. The molecule has 9 nitrogen and oxygen atoms in total. The van der Waals surface area contributed by atoms with E-state index in [1.54, 1.807) is 12.1 Å². The highest BCUT2D eigenvalue weighted by Gasteiger charge is 2.24. The summed E-state index contributed by atoms with van der Waals surface area (Å²) in [4.78, 5) is 23.4. The van der Waals surface area contributed by atoms with Crippen LogP contribution in [0.25, 0.3) is 0 Å². The van der Waals surface area contributed by atoms with E-state index in [4.69, 9.17) is 19.7 Å². The first-order valence-electron chi connectivity index (χ1n) is 6.91. The standard InChI is InChI=1S/C14H20N2O7/c17-5-7-22-13(20)9-12(14(21)23-8-6-18)16-15-10-1-3-11(19)4-2-10/h1-4,12,15-19H,5-9H2/t12-/m0/s1. The molecule has 0 aliphatic heterocycles. The third-order valence-corrected chi connectivity index (χ3v) is 2.60. The van der Waals surface area contributed by atoms with E-state index in [-0.39, 0.29) is 38.6 Å². The molecule has 0 unspecified atom stereocenters. The van der Waals surface area contributed by atoms with Gasteiger partial charge in [0.2, 0.25) is 0 Å². The number of phenols is 1. The van der Waals surface area contributed by atoms with E-state index in [0.29, 0.717) is 5.69 Å². The first-order chi connectivity index (χ1) is 11.1. The van der Waals surface area contributed by atoms with Crippen molar-refractivity contribution < 1.29 is 34.4 Å². The van der Waals surface area contributed by atoms with E-state index in [9.17, 15) is 14.7 Å². The highest BCUT2D eigenvalue weighted by atomic mass is 16.5. The predicted octanol–water partition coefficient (Wildman–Crippen LogP) is -0.862. The van der Waals surface area contributed by atoms with Crippen LogP contribution in [-0.2, 0) is 19.1 Å². The molecule has 0 saturated heterocycles. The molecule has 0 spiro atoms. The summed E-state index contributed by atoms with van der Waals surface area (Å²) in [6, 6.07) is 4.95. The fraction of sp³-hybridized carbons (Fsp3) is 0.429. The minimum absolute atomic E-state index is 0.0852. The molecule has 0 aliphatic carbocycles. The molecule has 0 fully saturated rings. The minimum atomic E-state index is -1.05. The zero-order chi connectivity index (χ0) is 17.1. The van der Waals surface area contributed by atoms with Crippen LogP contribution in [0.2, 0.25) is 0 Å². The second kappa shape index (κ2) is 10.4. The van der Waals surface area contributed by atoms with Crippen molar-refractivity contribution in [3.8, 4) is 5.75 Å². The number of carbonyl (C=O) groups excluding carboxylic acids is 2. The molecule has 1 aromatic carbocycles. The van der Waals surface area contributed by atoms with Gasteiger partial charge in [-0.2, -0.15) is 0 Å². The number of anilines is 1. The Labute approximate surface area is 132 Å². The van der Waals surface area contributed by atoms with Gasteiger partial charge in [0.1, 0.15) is 25.0 Å². The summed E-state index contributed by atoms with van der Waals surface area (Å²) < 4.78 is 9.47. The lowest BCUT2D eigenvalue weighted by Gasteiger charge is -2.18. The molecule has 128 valence electrons. The smallest absolute Gasteiger partial charge is 0.325 e. The third kappa shape index (κ3) is 7.45. The first-order valence-corrected chi connectivity index (χ1v) is 6.91. The Bertz CT molecular complexity index is 492. The molecule has 0 aliphatic rings. The molecular formula is C14H20N2O7. The second-order valence-electron chi connectivity index (χ2n) is 4.41. The van der Waals surface area contributed by atoms with Gasteiger partial charge in [-0.1, -0.05) is 0 Å². The Hall–Kier alpha value is -2.36. The Kier molecular flexibility index (Phi) is 8.43. The summed E-state index contributed by atoms with van der Waals surface area (Å²) in [5.41, 5.74) is 5.88.